The molecule has 0 fully saturated rings. The number of benzene rings is 10. The monoisotopic (exact) mass is 1160 g/mol. The first-order valence-electron chi connectivity index (χ1n) is 31.6. The maximum absolute atomic E-state index is 2.67. The van der Waals surface area contributed by atoms with E-state index >= 15 is 0 Å². The number of rotatable bonds is 8. The van der Waals surface area contributed by atoms with Crippen molar-refractivity contribution < 1.29 is 0 Å². The smallest absolute Gasteiger partial charge is 0.252 e. The fourth-order valence-corrected chi connectivity index (χ4v) is 15.0. The Kier molecular flexibility index (Phi) is 13.3. The second kappa shape index (κ2) is 20.5. The number of hydrogen-bond donors (Lipinski definition) is 0. The summed E-state index contributed by atoms with van der Waals surface area (Å²) in [5.74, 6) is 0. The van der Waals surface area contributed by atoms with Crippen molar-refractivity contribution in [3.8, 4) is 16.8 Å². The van der Waals surface area contributed by atoms with Gasteiger partial charge in [-0.2, -0.15) is 0 Å². The molecule has 0 N–H and O–H groups in total. The SMILES string of the molecule is CC(C)(C)c1ccc(N(c2ccc(C(C)(C)C)cc2)c2ccc3c(c2)N(c2ccc(C(C)(C)C)cc2-c2ccccc2)c2cc(N(c4ccc(C(C)(C)C)cc4)c4ccc(C(C)(C)C)cc4)cc4c2B3c2cccc3c5sc6ccccc6c5n-4c23)cc1. The molecule has 2 aliphatic rings. The van der Waals surface area contributed by atoms with E-state index in [1.54, 1.807) is 0 Å². The summed E-state index contributed by atoms with van der Waals surface area (Å²) in [5, 5.41) is 2.58. The number of thiophene rings is 1. The van der Waals surface area contributed by atoms with E-state index in [0.717, 1.165) is 51.2 Å². The maximum atomic E-state index is 2.67. The molecular weight excluding hydrogens is 1080 g/mol. The predicted octanol–water partition coefficient (Wildman–Crippen LogP) is 21.7. The fourth-order valence-electron chi connectivity index (χ4n) is 13.8. The van der Waals surface area contributed by atoms with Crippen LogP contribution < -0.4 is 31.1 Å². The Morgan fingerprint density at radius 1 is 0.330 bits per heavy atom. The molecule has 0 saturated heterocycles. The lowest BCUT2D eigenvalue weighted by molar-refractivity contribution is 0.590. The van der Waals surface area contributed by atoms with Gasteiger partial charge in [0.15, 0.2) is 0 Å². The largest absolute Gasteiger partial charge is 0.311 e. The Hall–Kier alpha value is -8.58. The van der Waals surface area contributed by atoms with Crippen molar-refractivity contribution in [1.29, 1.82) is 0 Å². The third-order valence-corrected chi connectivity index (χ3v) is 20.0. The van der Waals surface area contributed by atoms with Crippen LogP contribution in [0.5, 0.6) is 0 Å². The molecule has 438 valence electrons. The molecule has 0 amide bonds. The van der Waals surface area contributed by atoms with E-state index in [1.165, 1.54) is 92.2 Å². The van der Waals surface area contributed by atoms with Gasteiger partial charge in [0.2, 0.25) is 0 Å². The van der Waals surface area contributed by atoms with E-state index in [2.05, 4.69) is 342 Å². The second-order valence-electron chi connectivity index (χ2n) is 30.0. The number of anilines is 9. The van der Waals surface area contributed by atoms with Crippen LogP contribution >= 0.6 is 11.3 Å². The van der Waals surface area contributed by atoms with Crippen molar-refractivity contribution >= 4 is 117 Å². The summed E-state index contributed by atoms with van der Waals surface area (Å²) in [6, 6.07) is 84.3. The molecule has 0 radical (unpaired) electrons. The molecule has 10 aromatic carbocycles. The van der Waals surface area contributed by atoms with Crippen molar-refractivity contribution in [2.75, 3.05) is 14.7 Å². The standard InChI is InChI=1S/C82H81BN4S/c1-78(2,3)53-28-37-58(38-29-53)84(59-39-30-54(31-40-59)79(4,5)6)62-45-46-67-70(49-62)86(69-47-36-57(82(13,14)15)48-66(69)52-22-17-16-18-23-52)71-50-63(85(60-41-32-55(33-42-60)80(7,8)9)61-43-34-56(35-44-61)81(10,11)12)51-72-74(71)83(67)68-26-21-25-65-75(68)87(72)76-64-24-19-20-27-73(64)88-77(65)76/h16-51H,1-15H3. The first-order chi connectivity index (χ1) is 41.8. The van der Waals surface area contributed by atoms with Gasteiger partial charge in [-0.05, 0) is 168 Å². The highest BCUT2D eigenvalue weighted by Gasteiger charge is 2.44. The number of nitrogens with zero attached hydrogens (tertiary/aromatic N) is 4. The van der Waals surface area contributed by atoms with Crippen molar-refractivity contribution in [3.63, 3.8) is 0 Å². The molecule has 0 spiro atoms. The van der Waals surface area contributed by atoms with Gasteiger partial charge in [0.25, 0.3) is 6.71 Å². The van der Waals surface area contributed by atoms with Crippen LogP contribution in [0.1, 0.15) is 132 Å². The van der Waals surface area contributed by atoms with Gasteiger partial charge in [-0.3, -0.25) is 0 Å². The van der Waals surface area contributed by atoms with Crippen molar-refractivity contribution in [1.82, 2.24) is 4.57 Å². The highest BCUT2D eigenvalue weighted by atomic mass is 32.1. The molecule has 12 aromatic rings. The zero-order valence-corrected chi connectivity index (χ0v) is 54.9. The first-order valence-corrected chi connectivity index (χ1v) is 32.4. The maximum Gasteiger partial charge on any atom is 0.252 e. The Balaban J connectivity index is 1.13. The molecular formula is C82H81BN4S. The minimum atomic E-state index is -0.103. The minimum Gasteiger partial charge on any atom is -0.311 e. The molecule has 2 aromatic heterocycles. The number of aromatic nitrogens is 1. The molecule has 14 rings (SSSR count). The second-order valence-corrected chi connectivity index (χ2v) is 31.0. The van der Waals surface area contributed by atoms with Crippen LogP contribution in [0.15, 0.2) is 218 Å². The first kappa shape index (κ1) is 57.2. The summed E-state index contributed by atoms with van der Waals surface area (Å²) >= 11 is 1.92. The Morgan fingerprint density at radius 3 is 1.30 bits per heavy atom. The van der Waals surface area contributed by atoms with Crippen LogP contribution in [-0.4, -0.2) is 11.3 Å². The number of hydrogen-bond acceptors (Lipinski definition) is 4. The van der Waals surface area contributed by atoms with Crippen molar-refractivity contribution in [2.24, 2.45) is 0 Å². The average Bonchev–Trinajstić information content (AvgIpc) is 1.37. The van der Waals surface area contributed by atoms with Crippen LogP contribution in [0.4, 0.5) is 51.2 Å². The Morgan fingerprint density at radius 2 is 0.773 bits per heavy atom. The Labute approximate surface area is 526 Å². The molecule has 6 heteroatoms. The summed E-state index contributed by atoms with van der Waals surface area (Å²) in [6.07, 6.45) is 0. The Bertz CT molecular complexity index is 4550. The van der Waals surface area contributed by atoms with Crippen molar-refractivity contribution in [3.05, 3.63) is 246 Å². The van der Waals surface area contributed by atoms with Gasteiger partial charge >= 0.3 is 0 Å². The van der Waals surface area contributed by atoms with E-state index in [-0.39, 0.29) is 33.8 Å². The topological polar surface area (TPSA) is 14.7 Å². The van der Waals surface area contributed by atoms with Gasteiger partial charge in [-0.25, -0.2) is 0 Å². The van der Waals surface area contributed by atoms with Gasteiger partial charge in [0.1, 0.15) is 0 Å². The van der Waals surface area contributed by atoms with Crippen LogP contribution in [0.25, 0.3) is 48.0 Å². The third kappa shape index (κ3) is 9.65. The quantitative estimate of drug-likeness (QED) is 0.141. The van der Waals surface area contributed by atoms with E-state index in [1.807, 2.05) is 11.3 Å². The predicted molar refractivity (Wildman–Crippen MR) is 384 cm³/mol. The lowest BCUT2D eigenvalue weighted by Crippen LogP contribution is -2.60. The van der Waals surface area contributed by atoms with E-state index < -0.39 is 0 Å². The number of fused-ring (bicyclic) bond motifs is 9. The molecule has 88 heavy (non-hydrogen) atoms. The van der Waals surface area contributed by atoms with Crippen LogP contribution in [0.3, 0.4) is 0 Å². The van der Waals surface area contributed by atoms with Gasteiger partial charge in [-0.15, -0.1) is 11.3 Å². The summed E-state index contributed by atoms with van der Waals surface area (Å²) < 4.78 is 5.29. The summed E-state index contributed by atoms with van der Waals surface area (Å²) in [5.41, 5.74) is 26.5. The van der Waals surface area contributed by atoms with Gasteiger partial charge in [0, 0.05) is 66.5 Å². The lowest BCUT2D eigenvalue weighted by Gasteiger charge is -2.42. The van der Waals surface area contributed by atoms with Crippen LogP contribution in [0.2, 0.25) is 0 Å². The van der Waals surface area contributed by atoms with Gasteiger partial charge < -0.3 is 19.3 Å². The minimum absolute atomic E-state index is 0.000397. The van der Waals surface area contributed by atoms with E-state index in [9.17, 15) is 0 Å². The lowest BCUT2D eigenvalue weighted by atomic mass is 9.33. The molecule has 2 aliphatic heterocycles. The third-order valence-electron chi connectivity index (χ3n) is 18.8. The average molecular weight is 1170 g/mol. The molecule has 4 nitrogen and oxygen atoms in total. The molecule has 0 aliphatic carbocycles. The highest BCUT2D eigenvalue weighted by molar-refractivity contribution is 7.26. The molecule has 0 saturated carbocycles. The summed E-state index contributed by atoms with van der Waals surface area (Å²) in [4.78, 5) is 7.66. The number of para-hydroxylation sites is 1. The molecule has 0 unspecified atom stereocenters. The fraction of sp³-hybridized carbons (Fsp3) is 0.244. The van der Waals surface area contributed by atoms with Gasteiger partial charge in [-0.1, -0.05) is 231 Å². The summed E-state index contributed by atoms with van der Waals surface area (Å²) in [7, 11) is 0. The summed E-state index contributed by atoms with van der Waals surface area (Å²) in [6.45, 7) is 34.5. The van der Waals surface area contributed by atoms with Gasteiger partial charge in [0.05, 0.1) is 27.1 Å². The van der Waals surface area contributed by atoms with E-state index in [0.29, 0.717) is 0 Å². The zero-order chi connectivity index (χ0) is 61.6. The van der Waals surface area contributed by atoms with Crippen LogP contribution in [-0.2, 0) is 27.1 Å². The zero-order valence-electron chi connectivity index (χ0n) is 54.1. The highest BCUT2D eigenvalue weighted by Crippen LogP contribution is 2.52. The van der Waals surface area contributed by atoms with E-state index in [4.69, 9.17) is 0 Å². The molecule has 0 bridgehead atoms. The van der Waals surface area contributed by atoms with Crippen LogP contribution in [0, 0.1) is 0 Å². The van der Waals surface area contributed by atoms with Crippen molar-refractivity contribution in [2.45, 2.75) is 131 Å². The normalized spacial score (nSPS) is 13.4. The molecule has 4 heterocycles. The molecule has 0 atom stereocenters.